The number of benzene rings is 3. The molecule has 34 heavy (non-hydrogen) atoms. The first-order valence-corrected chi connectivity index (χ1v) is 10.2. The maximum Gasteiger partial charge on any atom is 0.141 e. The molecule has 0 fully saturated rings. The second-order valence-electron chi connectivity index (χ2n) is 7.06. The first-order chi connectivity index (χ1) is 16.1. The van der Waals surface area contributed by atoms with Gasteiger partial charge >= 0.3 is 0 Å². The molecule has 0 spiro atoms. The van der Waals surface area contributed by atoms with Crippen LogP contribution < -0.4 is 0 Å². The van der Waals surface area contributed by atoms with Crippen LogP contribution in [0.1, 0.15) is 0 Å². The van der Waals surface area contributed by atoms with Crippen molar-refractivity contribution >= 4 is 51.6 Å². The minimum Gasteiger partial charge on any atom is -0.506 e. The van der Waals surface area contributed by atoms with Crippen molar-refractivity contribution in [2.45, 2.75) is 0 Å². The number of para-hydroxylation sites is 3. The molecule has 7 heteroatoms. The molecule has 0 saturated carbocycles. The van der Waals surface area contributed by atoms with Gasteiger partial charge in [-0.05, 0) is 36.4 Å². The van der Waals surface area contributed by atoms with Crippen molar-refractivity contribution < 1.29 is 15.3 Å². The van der Waals surface area contributed by atoms with E-state index in [0.29, 0.717) is 16.6 Å². The zero-order chi connectivity index (χ0) is 23.0. The third-order valence-corrected chi connectivity index (χ3v) is 4.83. The zero-order valence-corrected chi connectivity index (χ0v) is 18.6. The average Bonchev–Trinajstić information content (AvgIpc) is 2.86. The fourth-order valence-electron chi connectivity index (χ4n) is 3.26. The van der Waals surface area contributed by atoms with E-state index in [1.807, 2.05) is 54.6 Å². The molecule has 0 aliphatic heterocycles. The van der Waals surface area contributed by atoms with Crippen molar-refractivity contribution in [3.8, 4) is 17.2 Å². The molecule has 3 heterocycles. The average molecular weight is 442 g/mol. The van der Waals surface area contributed by atoms with Crippen LogP contribution in [0, 0.1) is 0 Å². The Hall–Kier alpha value is -4.11. The summed E-state index contributed by atoms with van der Waals surface area (Å²) in [6.45, 7) is 0. The monoisotopic (exact) mass is 442 g/mol. The fourth-order valence-corrected chi connectivity index (χ4v) is 3.26. The minimum atomic E-state index is 0. The number of phenols is 3. The van der Waals surface area contributed by atoms with Crippen LogP contribution >= 0.6 is 0 Å². The van der Waals surface area contributed by atoms with Gasteiger partial charge in [-0.3, -0.25) is 15.0 Å². The van der Waals surface area contributed by atoms with Crippen LogP contribution in [0.5, 0.6) is 17.2 Å². The summed E-state index contributed by atoms with van der Waals surface area (Å²) in [4.78, 5) is 12.1. The number of aromatic nitrogens is 3. The Bertz CT molecular complexity index is 1330. The molecule has 1 radical (unpaired) electrons. The van der Waals surface area contributed by atoms with Gasteiger partial charge in [0.25, 0.3) is 0 Å². The van der Waals surface area contributed by atoms with E-state index in [1.54, 1.807) is 55.0 Å². The molecule has 6 rings (SSSR count). The summed E-state index contributed by atoms with van der Waals surface area (Å²) in [5.41, 5.74) is 1.99. The van der Waals surface area contributed by atoms with Crippen molar-refractivity contribution in [1.29, 1.82) is 0 Å². The van der Waals surface area contributed by atoms with Gasteiger partial charge in [-0.2, -0.15) is 0 Å². The van der Waals surface area contributed by atoms with E-state index in [2.05, 4.69) is 15.0 Å². The maximum absolute atomic E-state index is 9.31. The zero-order valence-electron chi connectivity index (χ0n) is 18.6. The summed E-state index contributed by atoms with van der Waals surface area (Å²) in [6.07, 6.45) is 5.01. The summed E-state index contributed by atoms with van der Waals surface area (Å²) in [5.74, 6) is 0.717. The Morgan fingerprint density at radius 3 is 0.912 bits per heavy atom. The molecule has 163 valence electrons. The van der Waals surface area contributed by atoms with Crippen molar-refractivity contribution in [1.82, 2.24) is 15.0 Å². The fraction of sp³-hybridized carbons (Fsp3) is 0. The predicted octanol–water partition coefficient (Wildman–Crippen LogP) is 5.44. The number of hydrogen-bond donors (Lipinski definition) is 3. The molecule has 0 aliphatic rings. The first kappa shape index (κ1) is 24.5. The predicted molar refractivity (Wildman–Crippen MR) is 136 cm³/mol. The standard InChI is InChI=1S/3C9H7NO.Li/c3*11-8-5-1-3-7-4-2-6-10-9(7)8;/h3*1-6,11H;. The van der Waals surface area contributed by atoms with Gasteiger partial charge in [-0.25, -0.2) is 0 Å². The Kier molecular flexibility index (Phi) is 8.41. The van der Waals surface area contributed by atoms with Crippen LogP contribution in [0.15, 0.2) is 110 Å². The quantitative estimate of drug-likeness (QED) is 0.271. The second-order valence-corrected chi connectivity index (χ2v) is 7.06. The van der Waals surface area contributed by atoms with E-state index in [0.717, 1.165) is 16.2 Å². The van der Waals surface area contributed by atoms with Gasteiger partial charge in [0, 0.05) is 53.6 Å². The molecule has 3 N–H and O–H groups in total. The van der Waals surface area contributed by atoms with Crippen LogP contribution in [0.3, 0.4) is 0 Å². The maximum atomic E-state index is 9.31. The normalized spacial score (nSPS) is 9.88. The second kappa shape index (κ2) is 11.7. The van der Waals surface area contributed by atoms with E-state index in [-0.39, 0.29) is 36.1 Å². The Morgan fingerprint density at radius 1 is 0.382 bits per heavy atom. The summed E-state index contributed by atoms with van der Waals surface area (Å²) >= 11 is 0. The number of pyridine rings is 3. The SMILES string of the molecule is Oc1cccc2cccnc12.Oc1cccc2cccnc12.Oc1cccc2cccnc12.[Li]. The summed E-state index contributed by atoms with van der Waals surface area (Å²) < 4.78 is 0. The van der Waals surface area contributed by atoms with Crippen molar-refractivity contribution in [3.63, 3.8) is 0 Å². The van der Waals surface area contributed by atoms with Gasteiger partial charge < -0.3 is 15.3 Å². The smallest absolute Gasteiger partial charge is 0.141 e. The van der Waals surface area contributed by atoms with Crippen LogP contribution in [-0.4, -0.2) is 49.1 Å². The van der Waals surface area contributed by atoms with Crippen LogP contribution in [-0.2, 0) is 0 Å². The van der Waals surface area contributed by atoms with Crippen molar-refractivity contribution in [2.24, 2.45) is 0 Å². The molecule has 3 aromatic heterocycles. The summed E-state index contributed by atoms with van der Waals surface area (Å²) in [5, 5.41) is 30.8. The largest absolute Gasteiger partial charge is 0.506 e. The van der Waals surface area contributed by atoms with E-state index >= 15 is 0 Å². The van der Waals surface area contributed by atoms with Crippen LogP contribution in [0.4, 0.5) is 0 Å². The van der Waals surface area contributed by atoms with E-state index in [9.17, 15) is 15.3 Å². The van der Waals surface area contributed by atoms with Gasteiger partial charge in [-0.1, -0.05) is 54.6 Å². The molecule has 0 atom stereocenters. The first-order valence-electron chi connectivity index (χ1n) is 10.2. The Balaban J connectivity index is 0.000000141. The molecule has 6 aromatic rings. The van der Waals surface area contributed by atoms with Gasteiger partial charge in [0.1, 0.15) is 33.8 Å². The summed E-state index contributed by atoms with van der Waals surface area (Å²) in [6, 6.07) is 27.4. The van der Waals surface area contributed by atoms with Gasteiger partial charge in [-0.15, -0.1) is 0 Å². The Morgan fingerprint density at radius 2 is 0.647 bits per heavy atom. The number of aromatic hydroxyl groups is 3. The number of nitrogens with zero attached hydrogens (tertiary/aromatic N) is 3. The van der Waals surface area contributed by atoms with Crippen molar-refractivity contribution in [2.75, 3.05) is 0 Å². The van der Waals surface area contributed by atoms with Gasteiger partial charge in [0.2, 0.25) is 0 Å². The molecule has 0 saturated heterocycles. The molecule has 0 aliphatic carbocycles. The number of rotatable bonds is 0. The Labute approximate surface area is 208 Å². The topological polar surface area (TPSA) is 99.4 Å². The van der Waals surface area contributed by atoms with E-state index in [4.69, 9.17) is 0 Å². The number of fused-ring (bicyclic) bond motifs is 3. The minimum absolute atomic E-state index is 0. The molecule has 0 bridgehead atoms. The molecule has 3 aromatic carbocycles. The number of hydrogen-bond acceptors (Lipinski definition) is 6. The molecule has 6 nitrogen and oxygen atoms in total. The molecular formula is C27H21LiN3O3. The van der Waals surface area contributed by atoms with E-state index < -0.39 is 0 Å². The third-order valence-electron chi connectivity index (χ3n) is 4.83. The molecule has 0 amide bonds. The number of phenolic OH excluding ortho intramolecular Hbond substituents is 3. The van der Waals surface area contributed by atoms with Crippen LogP contribution in [0.25, 0.3) is 32.7 Å². The third kappa shape index (κ3) is 5.81. The summed E-state index contributed by atoms with van der Waals surface area (Å²) in [7, 11) is 0. The van der Waals surface area contributed by atoms with Gasteiger partial charge in [0.15, 0.2) is 0 Å². The molecular weight excluding hydrogens is 421 g/mol. The van der Waals surface area contributed by atoms with Gasteiger partial charge in [0.05, 0.1) is 0 Å². The van der Waals surface area contributed by atoms with E-state index in [1.165, 1.54) is 0 Å². The van der Waals surface area contributed by atoms with Crippen LogP contribution in [0.2, 0.25) is 0 Å². The molecule has 0 unspecified atom stereocenters. The van der Waals surface area contributed by atoms with Crippen molar-refractivity contribution in [3.05, 3.63) is 110 Å².